The molecule has 0 saturated carbocycles. The summed E-state index contributed by atoms with van der Waals surface area (Å²) in [5, 5.41) is -0.00578. The van der Waals surface area contributed by atoms with Crippen molar-refractivity contribution in [3.63, 3.8) is 0 Å². The van der Waals surface area contributed by atoms with Gasteiger partial charge in [-0.1, -0.05) is 40.9 Å². The summed E-state index contributed by atoms with van der Waals surface area (Å²) < 4.78 is 26.8. The van der Waals surface area contributed by atoms with Gasteiger partial charge in [0.2, 0.25) is 0 Å². The highest BCUT2D eigenvalue weighted by Crippen LogP contribution is 2.32. The number of hydrogen-bond donors (Lipinski definition) is 2. The molecule has 1 aromatic carbocycles. The number of hydrogen-bond acceptors (Lipinski definition) is 4. The number of aromatic nitrogens is 1. The van der Waals surface area contributed by atoms with Gasteiger partial charge < -0.3 is 5.73 Å². The van der Waals surface area contributed by atoms with E-state index in [-0.39, 0.29) is 31.6 Å². The smallest absolute Gasteiger partial charge is 0.266 e. The predicted molar refractivity (Wildman–Crippen MR) is 80.9 cm³/mol. The Hall–Kier alpha value is -1.21. The van der Waals surface area contributed by atoms with Crippen molar-refractivity contribution in [1.82, 2.24) is 4.98 Å². The first kappa shape index (κ1) is 15.2. The predicted octanol–water partition coefficient (Wildman–Crippen LogP) is 3.42. The van der Waals surface area contributed by atoms with Crippen molar-refractivity contribution in [2.24, 2.45) is 0 Å². The molecule has 106 valence electrons. The molecule has 0 aliphatic carbocycles. The molecule has 0 aliphatic rings. The maximum atomic E-state index is 12.3. The van der Waals surface area contributed by atoms with E-state index in [2.05, 4.69) is 9.71 Å². The third-order valence-electron chi connectivity index (χ3n) is 2.24. The van der Waals surface area contributed by atoms with E-state index in [1.54, 1.807) is 6.07 Å². The number of nitrogens with two attached hydrogens (primary N) is 1. The molecule has 0 saturated heterocycles. The van der Waals surface area contributed by atoms with Crippen LogP contribution >= 0.6 is 34.8 Å². The highest BCUT2D eigenvalue weighted by atomic mass is 35.5. The third kappa shape index (κ3) is 3.27. The molecule has 1 aromatic heterocycles. The van der Waals surface area contributed by atoms with Gasteiger partial charge in [-0.15, -0.1) is 0 Å². The normalized spacial score (nSPS) is 11.3. The number of anilines is 2. The van der Waals surface area contributed by atoms with Gasteiger partial charge in [0.25, 0.3) is 10.0 Å². The average molecular weight is 353 g/mol. The first-order chi connectivity index (χ1) is 9.29. The van der Waals surface area contributed by atoms with Crippen molar-refractivity contribution < 1.29 is 8.42 Å². The summed E-state index contributed by atoms with van der Waals surface area (Å²) in [5.41, 5.74) is 5.79. The minimum atomic E-state index is -4.00. The molecule has 0 amide bonds. The van der Waals surface area contributed by atoms with Gasteiger partial charge in [-0.2, -0.15) is 0 Å². The van der Waals surface area contributed by atoms with Crippen molar-refractivity contribution in [2.75, 3.05) is 10.5 Å². The quantitative estimate of drug-likeness (QED) is 0.654. The number of pyridine rings is 1. The molecule has 0 radical (unpaired) electrons. The maximum absolute atomic E-state index is 12.3. The summed E-state index contributed by atoms with van der Waals surface area (Å²) in [6, 6.07) is 7.12. The van der Waals surface area contributed by atoms with Gasteiger partial charge in [-0.25, -0.2) is 13.4 Å². The second kappa shape index (κ2) is 5.65. The molecule has 0 atom stereocenters. The van der Waals surface area contributed by atoms with Gasteiger partial charge in [0, 0.05) is 5.69 Å². The Labute approximate surface area is 130 Å². The Bertz CT molecular complexity index is 742. The van der Waals surface area contributed by atoms with Gasteiger partial charge >= 0.3 is 0 Å². The van der Waals surface area contributed by atoms with E-state index in [0.29, 0.717) is 0 Å². The topological polar surface area (TPSA) is 85.1 Å². The highest BCUT2D eigenvalue weighted by Gasteiger charge is 2.23. The molecule has 2 aromatic rings. The van der Waals surface area contributed by atoms with Crippen LogP contribution in [0.2, 0.25) is 15.2 Å². The largest absolute Gasteiger partial charge is 0.399 e. The first-order valence-electron chi connectivity index (χ1n) is 5.19. The van der Waals surface area contributed by atoms with Crippen LogP contribution in [0.4, 0.5) is 11.5 Å². The fraction of sp³-hybridized carbons (Fsp3) is 0. The summed E-state index contributed by atoms with van der Waals surface area (Å²) in [7, 11) is -4.00. The molecular weight excluding hydrogens is 345 g/mol. The molecule has 5 nitrogen and oxygen atoms in total. The Morgan fingerprint density at radius 1 is 1.10 bits per heavy atom. The Morgan fingerprint density at radius 2 is 1.70 bits per heavy atom. The van der Waals surface area contributed by atoms with E-state index < -0.39 is 10.0 Å². The number of benzene rings is 1. The van der Waals surface area contributed by atoms with Crippen LogP contribution in [-0.2, 0) is 10.0 Å². The summed E-state index contributed by atoms with van der Waals surface area (Å²) >= 11 is 17.5. The zero-order chi connectivity index (χ0) is 14.9. The summed E-state index contributed by atoms with van der Waals surface area (Å²) in [6.45, 7) is 0. The highest BCUT2D eigenvalue weighted by molar-refractivity contribution is 7.93. The van der Waals surface area contributed by atoms with Crippen LogP contribution in [0.1, 0.15) is 0 Å². The standard InChI is InChI=1S/C11H8Cl3N3O2S/c12-7-4-6(15)5-8(13)11(7)20(18,19)17-10-3-1-2-9(14)16-10/h1-5H,15H2,(H,16,17). The Morgan fingerprint density at radius 3 is 2.25 bits per heavy atom. The lowest BCUT2D eigenvalue weighted by molar-refractivity contribution is 0.601. The van der Waals surface area contributed by atoms with Gasteiger partial charge in [-0.05, 0) is 24.3 Å². The fourth-order valence-corrected chi connectivity index (χ4v) is 3.89. The van der Waals surface area contributed by atoms with Crippen molar-refractivity contribution in [3.05, 3.63) is 45.5 Å². The van der Waals surface area contributed by atoms with Crippen LogP contribution in [0, 0.1) is 0 Å². The molecule has 0 unspecified atom stereocenters. The second-order valence-corrected chi connectivity index (χ2v) is 6.59. The van der Waals surface area contributed by atoms with Crippen molar-refractivity contribution >= 4 is 56.3 Å². The van der Waals surface area contributed by atoms with Crippen molar-refractivity contribution in [3.8, 4) is 0 Å². The van der Waals surface area contributed by atoms with Crippen LogP contribution in [0.25, 0.3) is 0 Å². The number of rotatable bonds is 3. The number of nitrogen functional groups attached to an aromatic ring is 1. The zero-order valence-electron chi connectivity index (χ0n) is 9.77. The number of nitrogens with zero attached hydrogens (tertiary/aromatic N) is 1. The molecule has 0 fully saturated rings. The maximum Gasteiger partial charge on any atom is 0.266 e. The number of halogens is 3. The van der Waals surface area contributed by atoms with Gasteiger partial charge in [0.1, 0.15) is 15.9 Å². The molecule has 0 spiro atoms. The molecule has 1 heterocycles. The van der Waals surface area contributed by atoms with E-state index in [1.165, 1.54) is 24.3 Å². The first-order valence-corrected chi connectivity index (χ1v) is 7.81. The second-order valence-electron chi connectivity index (χ2n) is 3.76. The van der Waals surface area contributed by atoms with Gasteiger partial charge in [-0.3, -0.25) is 4.72 Å². The molecular formula is C11H8Cl3N3O2S. The van der Waals surface area contributed by atoms with Gasteiger partial charge in [0.15, 0.2) is 0 Å². The summed E-state index contributed by atoms with van der Waals surface area (Å²) in [6.07, 6.45) is 0. The van der Waals surface area contributed by atoms with E-state index >= 15 is 0 Å². The van der Waals surface area contributed by atoms with Crippen LogP contribution in [0.3, 0.4) is 0 Å². The van der Waals surface area contributed by atoms with E-state index in [1.807, 2.05) is 0 Å². The number of nitrogens with one attached hydrogen (secondary N) is 1. The molecule has 20 heavy (non-hydrogen) atoms. The fourth-order valence-electron chi connectivity index (χ4n) is 1.49. The lowest BCUT2D eigenvalue weighted by Gasteiger charge is -2.11. The molecule has 0 aliphatic heterocycles. The monoisotopic (exact) mass is 351 g/mol. The molecule has 2 rings (SSSR count). The lowest BCUT2D eigenvalue weighted by Crippen LogP contribution is -2.15. The SMILES string of the molecule is Nc1cc(Cl)c(S(=O)(=O)Nc2cccc(Cl)n2)c(Cl)c1. The molecule has 0 bridgehead atoms. The van der Waals surface area contributed by atoms with Crippen molar-refractivity contribution in [2.45, 2.75) is 4.90 Å². The van der Waals surface area contributed by atoms with Crippen molar-refractivity contribution in [1.29, 1.82) is 0 Å². The average Bonchev–Trinajstić information content (AvgIpc) is 2.25. The van der Waals surface area contributed by atoms with E-state index in [4.69, 9.17) is 40.5 Å². The van der Waals surface area contributed by atoms with Crippen LogP contribution in [0.15, 0.2) is 35.2 Å². The minimum Gasteiger partial charge on any atom is -0.399 e. The summed E-state index contributed by atoms with van der Waals surface area (Å²) in [5.74, 6) is 0.0569. The third-order valence-corrected chi connectivity index (χ3v) is 4.73. The van der Waals surface area contributed by atoms with Crippen LogP contribution in [-0.4, -0.2) is 13.4 Å². The van der Waals surface area contributed by atoms with Crippen LogP contribution in [0.5, 0.6) is 0 Å². The molecule has 9 heteroatoms. The van der Waals surface area contributed by atoms with Gasteiger partial charge in [0.05, 0.1) is 10.0 Å². The zero-order valence-corrected chi connectivity index (χ0v) is 12.9. The minimum absolute atomic E-state index is 0.0569. The van der Waals surface area contributed by atoms with E-state index in [9.17, 15) is 8.42 Å². The number of sulfonamides is 1. The Kier molecular flexibility index (Phi) is 4.29. The van der Waals surface area contributed by atoms with E-state index in [0.717, 1.165) is 0 Å². The Balaban J connectivity index is 2.46. The molecule has 3 N–H and O–H groups in total. The summed E-state index contributed by atoms with van der Waals surface area (Å²) in [4.78, 5) is 3.56. The lowest BCUT2D eigenvalue weighted by atomic mass is 10.3. The van der Waals surface area contributed by atoms with Crippen LogP contribution < -0.4 is 10.5 Å².